The van der Waals surface area contributed by atoms with Crippen molar-refractivity contribution in [2.24, 2.45) is 0 Å². The van der Waals surface area contributed by atoms with Crippen molar-refractivity contribution in [3.63, 3.8) is 0 Å². The summed E-state index contributed by atoms with van der Waals surface area (Å²) in [6.07, 6.45) is 1.44. The van der Waals surface area contributed by atoms with E-state index in [1.54, 1.807) is 0 Å². The Bertz CT molecular complexity index is 859. The third kappa shape index (κ3) is 5.35. The van der Waals surface area contributed by atoms with Crippen molar-refractivity contribution in [2.75, 3.05) is 28.6 Å². The highest BCUT2D eigenvalue weighted by Crippen LogP contribution is 2.19. The Morgan fingerprint density at radius 1 is 1.11 bits per heavy atom. The average Bonchev–Trinajstić information content (AvgIpc) is 2.66. The van der Waals surface area contributed by atoms with Crippen LogP contribution in [0.4, 0.5) is 17.1 Å². The van der Waals surface area contributed by atoms with Gasteiger partial charge in [-0.25, -0.2) is 0 Å². The number of carbonyl (C=O) groups excluding carboxylic acids is 1. The minimum absolute atomic E-state index is 0.0165. The first-order valence-electron chi connectivity index (χ1n) is 9.08. The number of nitrogens with zero attached hydrogens (tertiary/aromatic N) is 2. The average molecular weight is 362 g/mol. The highest BCUT2D eigenvalue weighted by Gasteiger charge is 2.11. The predicted molar refractivity (Wildman–Crippen MR) is 112 cm³/mol. The molecule has 0 aliphatic carbocycles. The Morgan fingerprint density at radius 3 is 2.33 bits per heavy atom. The summed E-state index contributed by atoms with van der Waals surface area (Å²) < 4.78 is 0. The van der Waals surface area contributed by atoms with Gasteiger partial charge >= 0.3 is 0 Å². The maximum Gasteiger partial charge on any atom is 0.267 e. The maximum absolute atomic E-state index is 12.4. The third-order valence-electron chi connectivity index (χ3n) is 4.37. The molecule has 0 atom stereocenters. The molecule has 0 saturated heterocycles. The number of rotatable bonds is 7. The molecule has 0 aliphatic rings. The molecule has 5 heteroatoms. The van der Waals surface area contributed by atoms with Crippen molar-refractivity contribution in [3.05, 3.63) is 65.4 Å². The molecule has 0 saturated carbocycles. The lowest BCUT2D eigenvalue weighted by atomic mass is 10.1. The van der Waals surface area contributed by atoms with Gasteiger partial charge < -0.3 is 15.5 Å². The zero-order valence-electron chi connectivity index (χ0n) is 16.3. The van der Waals surface area contributed by atoms with Crippen LogP contribution in [0.1, 0.15) is 25.0 Å². The maximum atomic E-state index is 12.4. The summed E-state index contributed by atoms with van der Waals surface area (Å²) in [6, 6.07) is 15.6. The first-order valence-corrected chi connectivity index (χ1v) is 9.08. The fourth-order valence-corrected chi connectivity index (χ4v) is 2.80. The molecule has 0 bridgehead atoms. The number of aryl methyl sites for hydroxylation is 2. The Labute approximate surface area is 161 Å². The van der Waals surface area contributed by atoms with Crippen LogP contribution in [0.15, 0.2) is 54.2 Å². The number of benzene rings is 2. The fraction of sp³-hybridized carbons (Fsp3) is 0.273. The van der Waals surface area contributed by atoms with Gasteiger partial charge in [0.1, 0.15) is 11.6 Å². The van der Waals surface area contributed by atoms with Crippen molar-refractivity contribution in [3.8, 4) is 6.07 Å². The van der Waals surface area contributed by atoms with Crippen LogP contribution in [0.5, 0.6) is 0 Å². The number of carbonyl (C=O) groups is 1. The van der Waals surface area contributed by atoms with Crippen LogP contribution in [-0.4, -0.2) is 19.0 Å². The molecule has 2 N–H and O–H groups in total. The van der Waals surface area contributed by atoms with E-state index in [4.69, 9.17) is 0 Å². The van der Waals surface area contributed by atoms with E-state index in [2.05, 4.69) is 29.4 Å². The van der Waals surface area contributed by atoms with Crippen LogP contribution in [0.2, 0.25) is 0 Å². The summed E-state index contributed by atoms with van der Waals surface area (Å²) in [5, 5.41) is 15.1. The van der Waals surface area contributed by atoms with Crippen LogP contribution in [0.3, 0.4) is 0 Å². The molecule has 2 rings (SSSR count). The van der Waals surface area contributed by atoms with E-state index in [-0.39, 0.29) is 5.57 Å². The fourth-order valence-electron chi connectivity index (χ4n) is 2.80. The Morgan fingerprint density at radius 2 is 1.78 bits per heavy atom. The van der Waals surface area contributed by atoms with Gasteiger partial charge in [-0.2, -0.15) is 5.26 Å². The number of hydrogen-bond donors (Lipinski definition) is 2. The van der Waals surface area contributed by atoms with Crippen LogP contribution in [0.25, 0.3) is 0 Å². The first kappa shape index (κ1) is 20.1. The molecule has 140 valence electrons. The van der Waals surface area contributed by atoms with Crippen LogP contribution < -0.4 is 15.5 Å². The van der Waals surface area contributed by atoms with E-state index in [1.165, 1.54) is 6.20 Å². The van der Waals surface area contributed by atoms with Gasteiger partial charge in [0.25, 0.3) is 5.91 Å². The summed E-state index contributed by atoms with van der Waals surface area (Å²) in [4.78, 5) is 14.6. The quantitative estimate of drug-likeness (QED) is 0.557. The van der Waals surface area contributed by atoms with Crippen molar-refractivity contribution in [1.82, 2.24) is 0 Å². The number of nitrogens with one attached hydrogen (secondary N) is 2. The Hall–Kier alpha value is -3.26. The van der Waals surface area contributed by atoms with Crippen molar-refractivity contribution in [1.29, 1.82) is 5.26 Å². The SMILES string of the molecule is CCN(CC)c1ccc(N/C=C(/C#N)C(=O)Nc2ccc(C)cc2C)cc1. The molecular formula is C22H26N4O. The minimum atomic E-state index is -0.434. The molecule has 0 radical (unpaired) electrons. The third-order valence-corrected chi connectivity index (χ3v) is 4.37. The lowest BCUT2D eigenvalue weighted by Gasteiger charge is -2.21. The summed E-state index contributed by atoms with van der Waals surface area (Å²) in [6.45, 7) is 10.0. The highest BCUT2D eigenvalue weighted by atomic mass is 16.1. The summed E-state index contributed by atoms with van der Waals surface area (Å²) in [5.74, 6) is -0.434. The van der Waals surface area contributed by atoms with E-state index < -0.39 is 5.91 Å². The van der Waals surface area contributed by atoms with Gasteiger partial charge in [0.15, 0.2) is 0 Å². The molecule has 0 fully saturated rings. The number of anilines is 3. The minimum Gasteiger partial charge on any atom is -0.372 e. The zero-order chi connectivity index (χ0) is 19.8. The lowest BCUT2D eigenvalue weighted by molar-refractivity contribution is -0.112. The Kier molecular flexibility index (Phi) is 7.01. The van der Waals surface area contributed by atoms with Gasteiger partial charge in [0, 0.05) is 36.4 Å². The van der Waals surface area contributed by atoms with E-state index in [9.17, 15) is 10.1 Å². The van der Waals surface area contributed by atoms with Gasteiger partial charge in [0.2, 0.25) is 0 Å². The van der Waals surface area contributed by atoms with Crippen molar-refractivity contribution >= 4 is 23.0 Å². The molecule has 2 aromatic carbocycles. The van der Waals surface area contributed by atoms with Gasteiger partial charge in [-0.3, -0.25) is 4.79 Å². The van der Waals surface area contributed by atoms with E-state index in [1.807, 2.05) is 62.4 Å². The van der Waals surface area contributed by atoms with Gasteiger partial charge in [-0.05, 0) is 63.6 Å². The van der Waals surface area contributed by atoms with E-state index in [0.29, 0.717) is 5.69 Å². The number of hydrogen-bond acceptors (Lipinski definition) is 4. The zero-order valence-corrected chi connectivity index (χ0v) is 16.3. The van der Waals surface area contributed by atoms with Gasteiger partial charge in [-0.1, -0.05) is 17.7 Å². The van der Waals surface area contributed by atoms with E-state index in [0.717, 1.165) is 35.6 Å². The molecule has 5 nitrogen and oxygen atoms in total. The van der Waals surface area contributed by atoms with Crippen LogP contribution in [-0.2, 0) is 4.79 Å². The van der Waals surface area contributed by atoms with E-state index >= 15 is 0 Å². The molecule has 27 heavy (non-hydrogen) atoms. The topological polar surface area (TPSA) is 68.2 Å². The summed E-state index contributed by atoms with van der Waals surface area (Å²) in [7, 11) is 0. The van der Waals surface area contributed by atoms with Gasteiger partial charge in [-0.15, -0.1) is 0 Å². The smallest absolute Gasteiger partial charge is 0.267 e. The molecule has 0 aliphatic heterocycles. The molecule has 1 amide bonds. The van der Waals surface area contributed by atoms with Crippen molar-refractivity contribution in [2.45, 2.75) is 27.7 Å². The second kappa shape index (κ2) is 9.44. The normalized spacial score (nSPS) is 10.9. The summed E-state index contributed by atoms with van der Waals surface area (Å²) in [5.41, 5.74) is 4.76. The standard InChI is InChI=1S/C22H26N4O/c1-5-26(6-2)20-10-8-19(9-11-20)24-15-18(14-23)22(27)25-21-12-7-16(3)13-17(21)4/h7-13,15,24H,5-6H2,1-4H3,(H,25,27)/b18-15-. The van der Waals surface area contributed by atoms with Crippen LogP contribution in [0, 0.1) is 25.2 Å². The summed E-state index contributed by atoms with van der Waals surface area (Å²) >= 11 is 0. The monoisotopic (exact) mass is 362 g/mol. The molecule has 2 aromatic rings. The lowest BCUT2D eigenvalue weighted by Crippen LogP contribution is -2.21. The second-order valence-corrected chi connectivity index (χ2v) is 6.31. The largest absolute Gasteiger partial charge is 0.372 e. The predicted octanol–water partition coefficient (Wildman–Crippen LogP) is 4.61. The molecule has 0 heterocycles. The highest BCUT2D eigenvalue weighted by molar-refractivity contribution is 6.07. The molecular weight excluding hydrogens is 336 g/mol. The van der Waals surface area contributed by atoms with Crippen LogP contribution >= 0.6 is 0 Å². The van der Waals surface area contributed by atoms with Gasteiger partial charge in [0.05, 0.1) is 0 Å². The first-order chi connectivity index (χ1) is 13.0. The second-order valence-electron chi connectivity index (χ2n) is 6.31. The molecule has 0 spiro atoms. The Balaban J connectivity index is 2.07. The molecule has 0 unspecified atom stereocenters. The molecule has 0 aromatic heterocycles. The number of amides is 1. The van der Waals surface area contributed by atoms with Crippen molar-refractivity contribution < 1.29 is 4.79 Å². The number of nitriles is 1.